The number of nitriles is 1. The van der Waals surface area contributed by atoms with E-state index >= 15 is 0 Å². The second-order valence-electron chi connectivity index (χ2n) is 6.25. The van der Waals surface area contributed by atoms with Crippen molar-refractivity contribution in [2.75, 3.05) is 6.61 Å². The normalized spacial score (nSPS) is 11.5. The van der Waals surface area contributed by atoms with Crippen LogP contribution in [-0.4, -0.2) is 23.3 Å². The number of esters is 1. The fourth-order valence-corrected chi connectivity index (χ4v) is 3.03. The maximum atomic E-state index is 12.7. The van der Waals surface area contributed by atoms with E-state index in [2.05, 4.69) is 20.9 Å². The predicted octanol–water partition coefficient (Wildman–Crippen LogP) is 4.15. The third kappa shape index (κ3) is 4.50. The lowest BCUT2D eigenvalue weighted by Gasteiger charge is -2.10. The Morgan fingerprint density at radius 2 is 1.86 bits per heavy atom. The molecule has 7 heteroatoms. The molecule has 0 fully saturated rings. The van der Waals surface area contributed by atoms with E-state index in [0.29, 0.717) is 16.6 Å². The van der Waals surface area contributed by atoms with E-state index in [9.17, 15) is 9.59 Å². The molecule has 0 radical (unpaired) electrons. The van der Waals surface area contributed by atoms with Gasteiger partial charge in [-0.2, -0.15) is 5.26 Å². The number of carbonyl (C=O) groups is 2. The number of rotatable bonds is 5. The van der Waals surface area contributed by atoms with Crippen LogP contribution in [0.15, 0.2) is 70.3 Å². The molecule has 0 saturated carbocycles. The van der Waals surface area contributed by atoms with Gasteiger partial charge >= 0.3 is 5.97 Å². The molecule has 2 N–H and O–H groups in total. The Labute approximate surface area is 175 Å². The molecule has 0 atom stereocenters. The Hall–Kier alpha value is -3.50. The minimum absolute atomic E-state index is 0.0837. The van der Waals surface area contributed by atoms with Crippen LogP contribution in [0, 0.1) is 11.3 Å². The number of para-hydroxylation sites is 1. The van der Waals surface area contributed by atoms with Crippen molar-refractivity contribution < 1.29 is 14.3 Å². The minimum Gasteiger partial charge on any atom is -0.454 e. The summed E-state index contributed by atoms with van der Waals surface area (Å²) < 4.78 is 6.10. The van der Waals surface area contributed by atoms with E-state index in [1.807, 2.05) is 30.3 Å². The number of aromatic nitrogens is 1. The Bertz CT molecular complexity index is 1170. The summed E-state index contributed by atoms with van der Waals surface area (Å²) in [7, 11) is 0. The van der Waals surface area contributed by atoms with Crippen LogP contribution in [0.2, 0.25) is 0 Å². The lowest BCUT2D eigenvalue weighted by atomic mass is 10.0. The quantitative estimate of drug-likeness (QED) is 0.356. The molecule has 0 saturated heterocycles. The molecule has 0 spiro atoms. The van der Waals surface area contributed by atoms with Crippen LogP contribution in [0.25, 0.3) is 22.2 Å². The van der Waals surface area contributed by atoms with Gasteiger partial charge in [0.1, 0.15) is 11.6 Å². The Morgan fingerprint density at radius 1 is 1.17 bits per heavy atom. The van der Waals surface area contributed by atoms with Gasteiger partial charge in [0.15, 0.2) is 6.61 Å². The van der Waals surface area contributed by atoms with E-state index in [-0.39, 0.29) is 16.8 Å². The number of allylic oxidation sites excluding steroid dienone is 1. The number of hydrogen-bond acceptors (Lipinski definition) is 6. The lowest BCUT2D eigenvalue weighted by Crippen LogP contribution is -2.18. The zero-order valence-corrected chi connectivity index (χ0v) is 17.1. The number of ether oxygens (including phenoxy) is 1. The summed E-state index contributed by atoms with van der Waals surface area (Å²) in [5.74, 6) is -1.32. The maximum Gasteiger partial charge on any atom is 0.339 e. The van der Waals surface area contributed by atoms with E-state index in [4.69, 9.17) is 15.7 Å². The highest BCUT2D eigenvalue weighted by molar-refractivity contribution is 9.10. The molecule has 1 aromatic heterocycles. The van der Waals surface area contributed by atoms with Crippen molar-refractivity contribution in [2.24, 2.45) is 5.73 Å². The Kier molecular flexibility index (Phi) is 6.05. The summed E-state index contributed by atoms with van der Waals surface area (Å²) in [4.78, 5) is 29.4. The molecule has 3 rings (SSSR count). The van der Waals surface area contributed by atoms with E-state index in [1.54, 1.807) is 30.3 Å². The molecule has 6 nitrogen and oxygen atoms in total. The molecule has 1 heterocycles. The van der Waals surface area contributed by atoms with E-state index in [1.165, 1.54) is 6.92 Å². The fourth-order valence-electron chi connectivity index (χ4n) is 2.76. The van der Waals surface area contributed by atoms with Gasteiger partial charge in [-0.3, -0.25) is 4.79 Å². The average Bonchev–Trinajstić information content (AvgIpc) is 2.72. The Balaban J connectivity index is 1.96. The summed E-state index contributed by atoms with van der Waals surface area (Å²) in [5.41, 5.74) is 7.73. The predicted molar refractivity (Wildman–Crippen MR) is 113 cm³/mol. The smallest absolute Gasteiger partial charge is 0.339 e. The first-order chi connectivity index (χ1) is 13.9. The van der Waals surface area contributed by atoms with Gasteiger partial charge in [0, 0.05) is 21.1 Å². The fraction of sp³-hybridized carbons (Fsp3) is 0.0909. The number of hydrogen-bond donors (Lipinski definition) is 1. The highest BCUT2D eigenvalue weighted by Crippen LogP contribution is 2.26. The van der Waals surface area contributed by atoms with Crippen molar-refractivity contribution in [3.8, 4) is 17.3 Å². The molecular formula is C22H16BrN3O3. The number of pyridine rings is 1. The van der Waals surface area contributed by atoms with Gasteiger partial charge in [-0.1, -0.05) is 46.3 Å². The van der Waals surface area contributed by atoms with Gasteiger partial charge < -0.3 is 10.5 Å². The third-order valence-electron chi connectivity index (χ3n) is 4.20. The zero-order chi connectivity index (χ0) is 21.0. The SMILES string of the molecule is C/C(N)=C(\C#N)C(=O)COC(=O)c1cc(-c2ccc(Br)cc2)nc2ccccc12. The number of Topliss-reactive ketones (excluding diaryl/α,β-unsaturated/α-hetero) is 1. The van der Waals surface area contributed by atoms with Crippen LogP contribution >= 0.6 is 15.9 Å². The topological polar surface area (TPSA) is 106 Å². The monoisotopic (exact) mass is 449 g/mol. The first-order valence-electron chi connectivity index (χ1n) is 8.63. The number of fused-ring (bicyclic) bond motifs is 1. The van der Waals surface area contributed by atoms with Gasteiger partial charge in [0.25, 0.3) is 0 Å². The maximum absolute atomic E-state index is 12.7. The summed E-state index contributed by atoms with van der Waals surface area (Å²) in [6.07, 6.45) is 0. The molecule has 0 aliphatic heterocycles. The number of nitrogens with zero attached hydrogens (tertiary/aromatic N) is 2. The van der Waals surface area contributed by atoms with Crippen LogP contribution < -0.4 is 5.73 Å². The van der Waals surface area contributed by atoms with Crippen molar-refractivity contribution in [2.45, 2.75) is 6.92 Å². The van der Waals surface area contributed by atoms with Gasteiger partial charge in [0.05, 0.1) is 16.8 Å². The summed E-state index contributed by atoms with van der Waals surface area (Å²) in [6.45, 7) is 0.875. The highest BCUT2D eigenvalue weighted by atomic mass is 79.9. The van der Waals surface area contributed by atoms with Crippen LogP contribution in [0.1, 0.15) is 17.3 Å². The number of carbonyl (C=O) groups excluding carboxylic acids is 2. The number of nitrogens with two attached hydrogens (primary N) is 1. The minimum atomic E-state index is -0.678. The Morgan fingerprint density at radius 3 is 2.52 bits per heavy atom. The van der Waals surface area contributed by atoms with E-state index < -0.39 is 18.4 Å². The molecule has 3 aromatic rings. The molecule has 29 heavy (non-hydrogen) atoms. The highest BCUT2D eigenvalue weighted by Gasteiger charge is 2.18. The lowest BCUT2D eigenvalue weighted by molar-refractivity contribution is -0.118. The number of halogens is 1. The second kappa shape index (κ2) is 8.67. The molecule has 2 aromatic carbocycles. The molecule has 0 unspecified atom stereocenters. The summed E-state index contributed by atoms with van der Waals surface area (Å²) >= 11 is 3.40. The third-order valence-corrected chi connectivity index (χ3v) is 4.72. The second-order valence-corrected chi connectivity index (χ2v) is 7.16. The number of benzene rings is 2. The molecule has 144 valence electrons. The van der Waals surface area contributed by atoms with Crippen LogP contribution in [0.5, 0.6) is 0 Å². The van der Waals surface area contributed by atoms with E-state index in [0.717, 1.165) is 10.0 Å². The van der Waals surface area contributed by atoms with Crippen molar-refractivity contribution in [3.63, 3.8) is 0 Å². The van der Waals surface area contributed by atoms with Crippen molar-refractivity contribution in [3.05, 3.63) is 75.9 Å². The zero-order valence-electron chi connectivity index (χ0n) is 15.5. The van der Waals surface area contributed by atoms with Crippen molar-refractivity contribution in [1.29, 1.82) is 5.26 Å². The average molecular weight is 450 g/mol. The first-order valence-corrected chi connectivity index (χ1v) is 9.42. The van der Waals surface area contributed by atoms with Gasteiger partial charge in [-0.05, 0) is 31.2 Å². The van der Waals surface area contributed by atoms with Gasteiger partial charge in [-0.15, -0.1) is 0 Å². The van der Waals surface area contributed by atoms with Crippen LogP contribution in [0.3, 0.4) is 0 Å². The molecule has 0 bridgehead atoms. The van der Waals surface area contributed by atoms with Crippen LogP contribution in [-0.2, 0) is 9.53 Å². The summed E-state index contributed by atoms with van der Waals surface area (Å²) in [5, 5.41) is 9.62. The molecule has 0 amide bonds. The van der Waals surface area contributed by atoms with Crippen molar-refractivity contribution in [1.82, 2.24) is 4.98 Å². The molecule has 0 aliphatic carbocycles. The summed E-state index contributed by atoms with van der Waals surface area (Å²) in [6, 6.07) is 18.1. The van der Waals surface area contributed by atoms with Crippen molar-refractivity contribution >= 4 is 38.6 Å². The van der Waals surface area contributed by atoms with Gasteiger partial charge in [-0.25, -0.2) is 9.78 Å². The number of ketones is 1. The van der Waals surface area contributed by atoms with Crippen LogP contribution in [0.4, 0.5) is 0 Å². The molecular weight excluding hydrogens is 434 g/mol. The first kappa shape index (κ1) is 20.2. The van der Waals surface area contributed by atoms with Gasteiger partial charge in [0.2, 0.25) is 5.78 Å². The molecule has 0 aliphatic rings. The largest absolute Gasteiger partial charge is 0.454 e. The standard InChI is InChI=1S/C22H16BrN3O3/c1-13(25)18(11-24)21(27)12-29-22(28)17-10-20(14-6-8-15(23)9-7-14)26-19-5-3-2-4-16(17)19/h2-10H,12,25H2,1H3/b18-13-.